The van der Waals surface area contributed by atoms with Gasteiger partial charge in [-0.15, -0.1) is 0 Å². The van der Waals surface area contributed by atoms with Crippen molar-refractivity contribution in [1.29, 1.82) is 0 Å². The first-order valence-corrected chi connectivity index (χ1v) is 8.55. The lowest BCUT2D eigenvalue weighted by Gasteiger charge is -2.07. The maximum atomic E-state index is 12.8. The van der Waals surface area contributed by atoms with Crippen LogP contribution in [-0.4, -0.2) is 11.8 Å². The van der Waals surface area contributed by atoms with E-state index in [9.17, 15) is 18.4 Å². The highest BCUT2D eigenvalue weighted by molar-refractivity contribution is 5.77. The molecule has 0 aliphatic carbocycles. The molecule has 0 aliphatic rings. The highest BCUT2D eigenvalue weighted by Gasteiger charge is 2.05. The van der Waals surface area contributed by atoms with Crippen molar-refractivity contribution >= 4 is 11.8 Å². The van der Waals surface area contributed by atoms with Crippen molar-refractivity contribution in [2.24, 2.45) is 0 Å². The summed E-state index contributed by atoms with van der Waals surface area (Å²) >= 11 is 0. The largest absolute Gasteiger partial charge is 0.352 e. The van der Waals surface area contributed by atoms with E-state index in [1.807, 2.05) is 0 Å². The van der Waals surface area contributed by atoms with Crippen LogP contribution < -0.4 is 10.6 Å². The van der Waals surface area contributed by atoms with Crippen LogP contribution in [0.2, 0.25) is 0 Å². The van der Waals surface area contributed by atoms with E-state index in [-0.39, 0.29) is 23.4 Å². The van der Waals surface area contributed by atoms with E-state index < -0.39 is 0 Å². The molecule has 0 saturated carbocycles. The zero-order valence-corrected chi connectivity index (χ0v) is 14.4. The molecule has 6 heteroatoms. The van der Waals surface area contributed by atoms with Crippen LogP contribution in [0.15, 0.2) is 48.5 Å². The van der Waals surface area contributed by atoms with Gasteiger partial charge in [0.1, 0.15) is 11.6 Å². The molecule has 2 aromatic rings. The van der Waals surface area contributed by atoms with Crippen molar-refractivity contribution in [3.63, 3.8) is 0 Å². The highest BCUT2D eigenvalue weighted by Crippen LogP contribution is 2.05. The number of rotatable bonds is 9. The molecule has 0 unspecified atom stereocenters. The van der Waals surface area contributed by atoms with E-state index in [0.29, 0.717) is 38.8 Å². The Morgan fingerprint density at radius 2 is 1.00 bits per heavy atom. The van der Waals surface area contributed by atoms with Gasteiger partial charge >= 0.3 is 0 Å². The van der Waals surface area contributed by atoms with Crippen molar-refractivity contribution in [3.05, 3.63) is 71.3 Å². The number of nitrogens with one attached hydrogen (secondary N) is 2. The average molecular weight is 360 g/mol. The highest BCUT2D eigenvalue weighted by atomic mass is 19.1. The van der Waals surface area contributed by atoms with Gasteiger partial charge in [0.15, 0.2) is 0 Å². The van der Waals surface area contributed by atoms with Crippen LogP contribution in [0.3, 0.4) is 0 Å². The summed E-state index contributed by atoms with van der Waals surface area (Å²) in [6.45, 7) is 0.717. The number of amides is 2. The minimum absolute atomic E-state index is 0.0963. The van der Waals surface area contributed by atoms with Crippen LogP contribution in [0.1, 0.15) is 36.8 Å². The van der Waals surface area contributed by atoms with Crippen LogP contribution in [0.5, 0.6) is 0 Å². The first kappa shape index (κ1) is 19.6. The summed E-state index contributed by atoms with van der Waals surface area (Å²) in [5, 5.41) is 5.53. The zero-order chi connectivity index (χ0) is 18.8. The lowest BCUT2D eigenvalue weighted by Crippen LogP contribution is -2.23. The first-order valence-electron chi connectivity index (χ1n) is 8.55. The Balaban J connectivity index is 1.54. The Bertz CT molecular complexity index is 652. The van der Waals surface area contributed by atoms with Crippen LogP contribution in [0, 0.1) is 11.6 Å². The van der Waals surface area contributed by atoms with Crippen molar-refractivity contribution in [2.45, 2.75) is 38.8 Å². The third-order valence-electron chi connectivity index (χ3n) is 3.86. The Hall–Kier alpha value is -2.76. The molecule has 0 spiro atoms. The summed E-state index contributed by atoms with van der Waals surface area (Å²) < 4.78 is 25.6. The molecule has 0 bridgehead atoms. The predicted octanol–water partition coefficient (Wildman–Crippen LogP) is 3.46. The fourth-order valence-electron chi connectivity index (χ4n) is 2.35. The van der Waals surface area contributed by atoms with Gasteiger partial charge in [0.05, 0.1) is 0 Å². The van der Waals surface area contributed by atoms with Gasteiger partial charge < -0.3 is 10.6 Å². The molecule has 0 atom stereocenters. The molecule has 0 heterocycles. The lowest BCUT2D eigenvalue weighted by molar-refractivity contribution is -0.123. The first-order chi connectivity index (χ1) is 12.5. The van der Waals surface area contributed by atoms with E-state index in [0.717, 1.165) is 11.1 Å². The summed E-state index contributed by atoms with van der Waals surface area (Å²) in [5.74, 6) is -0.808. The second-order valence-electron chi connectivity index (χ2n) is 6.01. The number of benzene rings is 2. The zero-order valence-electron chi connectivity index (χ0n) is 14.4. The van der Waals surface area contributed by atoms with Crippen LogP contribution in [-0.2, 0) is 22.7 Å². The minimum Gasteiger partial charge on any atom is -0.352 e. The van der Waals surface area contributed by atoms with Gasteiger partial charge in [0.25, 0.3) is 0 Å². The predicted molar refractivity (Wildman–Crippen MR) is 95.0 cm³/mol. The van der Waals surface area contributed by atoms with E-state index in [1.54, 1.807) is 24.3 Å². The average Bonchev–Trinajstić information content (AvgIpc) is 2.64. The summed E-state index contributed by atoms with van der Waals surface area (Å²) in [4.78, 5) is 23.5. The third kappa shape index (κ3) is 7.42. The fourth-order valence-corrected chi connectivity index (χ4v) is 2.35. The summed E-state index contributed by atoms with van der Waals surface area (Å²) in [6.07, 6.45) is 1.90. The molecule has 138 valence electrons. The quantitative estimate of drug-likeness (QED) is 0.673. The molecular weight excluding hydrogens is 338 g/mol. The number of halogens is 2. The molecule has 0 aliphatic heterocycles. The maximum Gasteiger partial charge on any atom is 0.220 e. The van der Waals surface area contributed by atoms with Gasteiger partial charge in [-0.1, -0.05) is 24.3 Å². The fraction of sp³-hybridized carbons (Fsp3) is 0.300. The number of carbonyl (C=O) groups is 2. The number of carbonyl (C=O) groups excluding carboxylic acids is 2. The Kier molecular flexibility index (Phi) is 7.74. The maximum absolute atomic E-state index is 12.8. The molecule has 0 radical (unpaired) electrons. The summed E-state index contributed by atoms with van der Waals surface area (Å²) in [6, 6.07) is 11.9. The molecule has 26 heavy (non-hydrogen) atoms. The van der Waals surface area contributed by atoms with Gasteiger partial charge in [-0.25, -0.2) is 8.78 Å². The molecule has 2 amide bonds. The van der Waals surface area contributed by atoms with Gasteiger partial charge in [0.2, 0.25) is 11.8 Å². The van der Waals surface area contributed by atoms with Crippen molar-refractivity contribution < 1.29 is 18.4 Å². The second kappa shape index (κ2) is 10.3. The Morgan fingerprint density at radius 3 is 1.35 bits per heavy atom. The molecule has 0 fully saturated rings. The SMILES string of the molecule is O=C(CCCCC(=O)NCc1ccc(F)cc1)NCc1ccc(F)cc1. The van der Waals surface area contributed by atoms with Gasteiger partial charge in [-0.05, 0) is 48.2 Å². The second-order valence-corrected chi connectivity index (χ2v) is 6.01. The molecule has 0 aromatic heterocycles. The van der Waals surface area contributed by atoms with Crippen LogP contribution in [0.4, 0.5) is 8.78 Å². The standard InChI is InChI=1S/C20H22F2N2O2/c21-17-9-5-15(6-10-17)13-23-19(25)3-1-2-4-20(26)24-14-16-7-11-18(22)12-8-16/h5-12H,1-4,13-14H2,(H,23,25)(H,24,26). The van der Waals surface area contributed by atoms with E-state index in [2.05, 4.69) is 10.6 Å². The Morgan fingerprint density at radius 1 is 0.654 bits per heavy atom. The van der Waals surface area contributed by atoms with E-state index in [4.69, 9.17) is 0 Å². The van der Waals surface area contributed by atoms with Gasteiger partial charge in [-0.2, -0.15) is 0 Å². The van der Waals surface area contributed by atoms with Crippen molar-refractivity contribution in [3.8, 4) is 0 Å². The number of hydrogen-bond acceptors (Lipinski definition) is 2. The molecular formula is C20H22F2N2O2. The molecule has 2 rings (SSSR count). The monoisotopic (exact) mass is 360 g/mol. The topological polar surface area (TPSA) is 58.2 Å². The van der Waals surface area contributed by atoms with Crippen LogP contribution in [0.25, 0.3) is 0 Å². The van der Waals surface area contributed by atoms with E-state index >= 15 is 0 Å². The third-order valence-corrected chi connectivity index (χ3v) is 3.86. The Labute approximate surface area is 151 Å². The smallest absolute Gasteiger partial charge is 0.220 e. The van der Waals surface area contributed by atoms with Crippen molar-refractivity contribution in [2.75, 3.05) is 0 Å². The number of unbranched alkanes of at least 4 members (excludes halogenated alkanes) is 1. The van der Waals surface area contributed by atoms with Crippen LogP contribution >= 0.6 is 0 Å². The minimum atomic E-state index is -0.308. The molecule has 4 nitrogen and oxygen atoms in total. The van der Waals surface area contributed by atoms with Crippen molar-refractivity contribution in [1.82, 2.24) is 10.6 Å². The summed E-state index contributed by atoms with van der Waals surface area (Å²) in [5.41, 5.74) is 1.67. The van der Waals surface area contributed by atoms with Gasteiger partial charge in [0, 0.05) is 25.9 Å². The lowest BCUT2D eigenvalue weighted by atomic mass is 10.1. The number of hydrogen-bond donors (Lipinski definition) is 2. The molecule has 0 saturated heterocycles. The molecule has 2 N–H and O–H groups in total. The van der Waals surface area contributed by atoms with E-state index in [1.165, 1.54) is 24.3 Å². The van der Waals surface area contributed by atoms with Gasteiger partial charge in [-0.3, -0.25) is 9.59 Å². The summed E-state index contributed by atoms with van der Waals surface area (Å²) in [7, 11) is 0. The molecule has 2 aromatic carbocycles. The normalized spacial score (nSPS) is 10.4.